The second-order valence-electron chi connectivity index (χ2n) is 6.61. The molecule has 2 N–H and O–H groups in total. The summed E-state index contributed by atoms with van der Waals surface area (Å²) in [5.74, 6) is 1.63. The van der Waals surface area contributed by atoms with Gasteiger partial charge in [0, 0.05) is 37.2 Å². The van der Waals surface area contributed by atoms with E-state index in [1.54, 1.807) is 0 Å². The quantitative estimate of drug-likeness (QED) is 0.243. The van der Waals surface area contributed by atoms with Gasteiger partial charge in [-0.1, -0.05) is 23.7 Å². The average Bonchev–Trinajstić information content (AvgIpc) is 2.62. The monoisotopic (exact) mass is 506 g/mol. The lowest BCUT2D eigenvalue weighted by Crippen LogP contribution is -2.48. The lowest BCUT2D eigenvalue weighted by molar-refractivity contribution is 0.223. The highest BCUT2D eigenvalue weighted by atomic mass is 127. The summed E-state index contributed by atoms with van der Waals surface area (Å²) in [6.45, 7) is 12.5. The number of hydrogen-bond donors (Lipinski definition) is 2. The van der Waals surface area contributed by atoms with Crippen molar-refractivity contribution in [3.05, 3.63) is 41.9 Å². The van der Waals surface area contributed by atoms with Gasteiger partial charge in [0.05, 0.1) is 6.54 Å². The molecule has 1 saturated heterocycles. The Labute approximate surface area is 185 Å². The van der Waals surface area contributed by atoms with Crippen LogP contribution in [0.3, 0.4) is 0 Å². The Balaban J connectivity index is 0.00000364. The SMILES string of the molecule is C=CCN1CCC(NC(=NCC(C)Oc2cccc(Cl)c2)NCC)CC1.I. The largest absolute Gasteiger partial charge is 0.489 e. The van der Waals surface area contributed by atoms with Crippen molar-refractivity contribution < 1.29 is 4.74 Å². The molecular weight excluding hydrogens is 475 g/mol. The number of piperidine rings is 1. The van der Waals surface area contributed by atoms with Crippen molar-refractivity contribution in [2.45, 2.75) is 38.8 Å². The number of guanidine groups is 1. The number of halogens is 2. The molecule has 0 aromatic heterocycles. The number of nitrogens with zero attached hydrogens (tertiary/aromatic N) is 2. The summed E-state index contributed by atoms with van der Waals surface area (Å²) < 4.78 is 5.89. The maximum Gasteiger partial charge on any atom is 0.191 e. The summed E-state index contributed by atoms with van der Waals surface area (Å²) >= 11 is 6.00. The second kappa shape index (κ2) is 13.2. The van der Waals surface area contributed by atoms with Gasteiger partial charge < -0.3 is 15.4 Å². The minimum atomic E-state index is -0.0293. The lowest BCUT2D eigenvalue weighted by Gasteiger charge is -2.32. The molecule has 7 heteroatoms. The second-order valence-corrected chi connectivity index (χ2v) is 7.05. The minimum absolute atomic E-state index is 0. The Hall–Kier alpha value is -0.990. The fourth-order valence-corrected chi connectivity index (χ4v) is 3.17. The zero-order valence-corrected chi connectivity index (χ0v) is 19.4. The van der Waals surface area contributed by atoms with Crippen molar-refractivity contribution in [3.8, 4) is 5.75 Å². The fraction of sp³-hybridized carbons (Fsp3) is 0.550. The predicted molar refractivity (Wildman–Crippen MR) is 126 cm³/mol. The third-order valence-corrected chi connectivity index (χ3v) is 4.53. The first kappa shape index (κ1) is 24.0. The molecule has 0 bridgehead atoms. The highest BCUT2D eigenvalue weighted by molar-refractivity contribution is 14.0. The van der Waals surface area contributed by atoms with Crippen molar-refractivity contribution >= 4 is 41.5 Å². The minimum Gasteiger partial charge on any atom is -0.489 e. The van der Waals surface area contributed by atoms with Gasteiger partial charge in [-0.2, -0.15) is 0 Å². The number of rotatable bonds is 8. The van der Waals surface area contributed by atoms with Crippen molar-refractivity contribution in [2.75, 3.05) is 32.7 Å². The summed E-state index contributed by atoms with van der Waals surface area (Å²) in [4.78, 5) is 7.11. The lowest BCUT2D eigenvalue weighted by atomic mass is 10.1. The highest BCUT2D eigenvalue weighted by Gasteiger charge is 2.19. The van der Waals surface area contributed by atoms with Crippen LogP contribution in [-0.2, 0) is 0 Å². The number of hydrogen-bond acceptors (Lipinski definition) is 3. The van der Waals surface area contributed by atoms with Gasteiger partial charge in [0.25, 0.3) is 0 Å². The Morgan fingerprint density at radius 2 is 2.19 bits per heavy atom. The maximum absolute atomic E-state index is 6.00. The van der Waals surface area contributed by atoms with Gasteiger partial charge in [-0.15, -0.1) is 30.6 Å². The van der Waals surface area contributed by atoms with Crippen molar-refractivity contribution in [2.24, 2.45) is 4.99 Å². The zero-order chi connectivity index (χ0) is 18.8. The van der Waals surface area contributed by atoms with E-state index in [-0.39, 0.29) is 30.1 Å². The van der Waals surface area contributed by atoms with Gasteiger partial charge in [-0.25, -0.2) is 4.99 Å². The number of likely N-dealkylation sites (tertiary alicyclic amines) is 1. The highest BCUT2D eigenvalue weighted by Crippen LogP contribution is 2.18. The molecule has 1 aromatic carbocycles. The molecule has 1 fully saturated rings. The molecule has 1 heterocycles. The number of aliphatic imine (C=N–C) groups is 1. The first-order chi connectivity index (χ1) is 12.6. The van der Waals surface area contributed by atoms with Gasteiger partial charge in [0.15, 0.2) is 5.96 Å². The van der Waals surface area contributed by atoms with Crippen LogP contribution in [0.2, 0.25) is 5.02 Å². The van der Waals surface area contributed by atoms with E-state index >= 15 is 0 Å². The van der Waals surface area contributed by atoms with Crippen LogP contribution in [0.5, 0.6) is 5.75 Å². The molecule has 5 nitrogen and oxygen atoms in total. The Kier molecular flexibility index (Phi) is 11.8. The van der Waals surface area contributed by atoms with E-state index in [0.717, 1.165) is 50.7 Å². The zero-order valence-electron chi connectivity index (χ0n) is 16.3. The van der Waals surface area contributed by atoms with Crippen LogP contribution >= 0.6 is 35.6 Å². The van der Waals surface area contributed by atoms with E-state index in [1.165, 1.54) is 0 Å². The molecule has 1 aromatic rings. The van der Waals surface area contributed by atoms with Crippen molar-refractivity contribution in [1.82, 2.24) is 15.5 Å². The molecule has 152 valence electrons. The Bertz CT molecular complexity index is 591. The van der Waals surface area contributed by atoms with Gasteiger partial charge in [0.1, 0.15) is 11.9 Å². The van der Waals surface area contributed by atoms with E-state index in [4.69, 9.17) is 16.3 Å². The first-order valence-corrected chi connectivity index (χ1v) is 9.78. The molecular formula is C20H32ClIN4O. The van der Waals surface area contributed by atoms with E-state index < -0.39 is 0 Å². The first-order valence-electron chi connectivity index (χ1n) is 9.41. The number of benzene rings is 1. The topological polar surface area (TPSA) is 48.9 Å². The van der Waals surface area contributed by atoms with E-state index in [9.17, 15) is 0 Å². The average molecular weight is 507 g/mol. The van der Waals surface area contributed by atoms with Gasteiger partial charge >= 0.3 is 0 Å². The standard InChI is InChI=1S/C20H31ClN4O.HI/c1-4-11-25-12-9-18(10-13-25)24-20(22-5-2)23-15-16(3)26-19-8-6-7-17(21)14-19;/h4,6-8,14,16,18H,1,5,9-13,15H2,2-3H3,(H2,22,23,24);1H. The van der Waals surface area contributed by atoms with Crippen LogP contribution in [0.4, 0.5) is 0 Å². The third-order valence-electron chi connectivity index (χ3n) is 4.30. The summed E-state index contributed by atoms with van der Waals surface area (Å²) in [6.07, 6.45) is 4.18. The van der Waals surface area contributed by atoms with Crippen LogP contribution in [-0.4, -0.2) is 55.7 Å². The molecule has 0 aliphatic carbocycles. The molecule has 0 amide bonds. The molecule has 1 atom stereocenters. The predicted octanol–water partition coefficient (Wildman–Crippen LogP) is 3.93. The van der Waals surface area contributed by atoms with E-state index in [0.29, 0.717) is 17.6 Å². The molecule has 2 rings (SSSR count). The summed E-state index contributed by atoms with van der Waals surface area (Å²) in [7, 11) is 0. The molecule has 0 saturated carbocycles. The van der Waals surface area contributed by atoms with Crippen LogP contribution < -0.4 is 15.4 Å². The fourth-order valence-electron chi connectivity index (χ4n) is 2.99. The van der Waals surface area contributed by atoms with Crippen LogP contribution in [0, 0.1) is 0 Å². The molecule has 0 radical (unpaired) electrons. The number of nitrogens with one attached hydrogen (secondary N) is 2. The smallest absolute Gasteiger partial charge is 0.191 e. The molecule has 1 unspecified atom stereocenters. The molecule has 1 aliphatic rings. The number of ether oxygens (including phenoxy) is 1. The summed E-state index contributed by atoms with van der Waals surface area (Å²) in [5, 5.41) is 7.56. The van der Waals surface area contributed by atoms with Crippen molar-refractivity contribution in [3.63, 3.8) is 0 Å². The molecule has 1 aliphatic heterocycles. The van der Waals surface area contributed by atoms with Gasteiger partial charge in [-0.3, -0.25) is 4.90 Å². The molecule has 27 heavy (non-hydrogen) atoms. The van der Waals surface area contributed by atoms with Gasteiger partial charge in [0.2, 0.25) is 0 Å². The van der Waals surface area contributed by atoms with Crippen LogP contribution in [0.25, 0.3) is 0 Å². The van der Waals surface area contributed by atoms with Crippen LogP contribution in [0.1, 0.15) is 26.7 Å². The summed E-state index contributed by atoms with van der Waals surface area (Å²) in [6, 6.07) is 7.91. The molecule has 0 spiro atoms. The van der Waals surface area contributed by atoms with Crippen LogP contribution in [0.15, 0.2) is 41.9 Å². The van der Waals surface area contributed by atoms with E-state index in [2.05, 4.69) is 34.0 Å². The summed E-state index contributed by atoms with van der Waals surface area (Å²) in [5.41, 5.74) is 0. The Morgan fingerprint density at radius 1 is 1.44 bits per heavy atom. The normalized spacial score (nSPS) is 16.9. The van der Waals surface area contributed by atoms with E-state index in [1.807, 2.05) is 37.3 Å². The van der Waals surface area contributed by atoms with Gasteiger partial charge in [-0.05, 0) is 44.9 Å². The maximum atomic E-state index is 6.00. The van der Waals surface area contributed by atoms with Crippen molar-refractivity contribution in [1.29, 1.82) is 0 Å². The third kappa shape index (κ3) is 9.17. The Morgan fingerprint density at radius 3 is 2.81 bits per heavy atom.